The molecular weight excluding hydrogens is 772 g/mol. The first-order valence-corrected chi connectivity index (χ1v) is 18.0. The average Bonchev–Trinajstić information content (AvgIpc) is 3.95. The molecule has 0 aliphatic rings. The summed E-state index contributed by atoms with van der Waals surface area (Å²) in [6, 6.07) is 0. The molecule has 0 aromatic carbocycles. The molecule has 0 saturated carbocycles. The van der Waals surface area contributed by atoms with Crippen molar-refractivity contribution in [1.82, 2.24) is 79.0 Å². The first-order chi connectivity index (χ1) is 27.5. The number of carbonyl (C=O) groups excluding carboxylic acids is 1. The molecular formula is C36H41ClN16O5. The van der Waals surface area contributed by atoms with Crippen LogP contribution in [-0.2, 0) is 37.7 Å². The highest BCUT2D eigenvalue weighted by Crippen LogP contribution is 2.22. The topological polar surface area (TPSA) is 247 Å². The molecule has 0 bridgehead atoms. The van der Waals surface area contributed by atoms with Crippen molar-refractivity contribution in [3.8, 4) is 0 Å². The van der Waals surface area contributed by atoms with E-state index in [1.54, 1.807) is 74.4 Å². The normalized spacial score (nSPS) is 10.7. The van der Waals surface area contributed by atoms with E-state index in [1.807, 2.05) is 27.9 Å². The minimum Gasteiger partial charge on any atom is -0.492 e. The zero-order valence-corrected chi connectivity index (χ0v) is 34.3. The second kappa shape index (κ2) is 17.8. The number of aryl methyl sites for hydroxylation is 8. The van der Waals surface area contributed by atoms with Crippen molar-refractivity contribution in [2.75, 3.05) is 13.2 Å². The number of nitrogens with zero attached hydrogens (tertiary/aromatic N) is 16. The Morgan fingerprint density at radius 3 is 1.34 bits per heavy atom. The lowest BCUT2D eigenvalue weighted by Gasteiger charge is -2.07. The number of carbonyl (C=O) groups is 2. The van der Waals surface area contributed by atoms with Crippen LogP contribution in [0.3, 0.4) is 0 Å². The molecule has 0 aliphatic heterocycles. The van der Waals surface area contributed by atoms with Gasteiger partial charge in [0.05, 0.1) is 59.5 Å². The first kappa shape index (κ1) is 42.1. The lowest BCUT2D eigenvalue weighted by atomic mass is 10.2. The SMILES string of the molecule is C=C(OCC)c1nc(C)nc2c1cnn2C.CCOC(=O)c1nc(C)nc2c1cnn2C.Cc1nc(C(=O)O)c2cnn(C)c2n1.Cc1nc(Cl)c2cnn(C)c2n1. The van der Waals surface area contributed by atoms with Gasteiger partial charge in [0.25, 0.3) is 0 Å². The Morgan fingerprint density at radius 2 is 0.914 bits per heavy atom. The van der Waals surface area contributed by atoms with E-state index in [9.17, 15) is 9.59 Å². The van der Waals surface area contributed by atoms with E-state index in [0.717, 1.165) is 27.8 Å². The van der Waals surface area contributed by atoms with Crippen molar-refractivity contribution in [3.05, 3.63) is 76.9 Å². The van der Waals surface area contributed by atoms with Gasteiger partial charge in [-0.05, 0) is 41.5 Å². The quantitative estimate of drug-likeness (QED) is 0.140. The summed E-state index contributed by atoms with van der Waals surface area (Å²) in [7, 11) is 7.15. The van der Waals surface area contributed by atoms with Gasteiger partial charge in [-0.25, -0.2) is 49.5 Å². The molecule has 0 fully saturated rings. The van der Waals surface area contributed by atoms with Crippen molar-refractivity contribution in [2.24, 2.45) is 28.2 Å². The fourth-order valence-corrected chi connectivity index (χ4v) is 5.71. The largest absolute Gasteiger partial charge is 0.492 e. The molecule has 0 spiro atoms. The molecule has 1 N–H and O–H groups in total. The van der Waals surface area contributed by atoms with Crippen molar-refractivity contribution in [1.29, 1.82) is 0 Å². The Kier molecular flexibility index (Phi) is 13.0. The molecule has 8 aromatic heterocycles. The lowest BCUT2D eigenvalue weighted by molar-refractivity contribution is 0.0521. The summed E-state index contributed by atoms with van der Waals surface area (Å²) in [5, 5.41) is 28.3. The highest BCUT2D eigenvalue weighted by atomic mass is 35.5. The third-order valence-corrected chi connectivity index (χ3v) is 8.31. The number of carboxylic acids is 1. The highest BCUT2D eigenvalue weighted by Gasteiger charge is 2.18. The molecule has 0 radical (unpaired) electrons. The highest BCUT2D eigenvalue weighted by molar-refractivity contribution is 6.33. The smallest absolute Gasteiger partial charge is 0.357 e. The number of ether oxygens (including phenoxy) is 2. The number of halogens is 1. The summed E-state index contributed by atoms with van der Waals surface area (Å²) >= 11 is 5.87. The van der Waals surface area contributed by atoms with Gasteiger partial charge in [-0.15, -0.1) is 0 Å². The van der Waals surface area contributed by atoms with Gasteiger partial charge in [-0.3, -0.25) is 18.7 Å². The monoisotopic (exact) mass is 812 g/mol. The van der Waals surface area contributed by atoms with Gasteiger partial charge in [-0.1, -0.05) is 18.2 Å². The van der Waals surface area contributed by atoms with Crippen molar-refractivity contribution in [3.63, 3.8) is 0 Å². The van der Waals surface area contributed by atoms with Crippen molar-refractivity contribution >= 4 is 73.4 Å². The Hall–Kier alpha value is -7.03. The second-order valence-electron chi connectivity index (χ2n) is 12.3. The Morgan fingerprint density at radius 1 is 0.569 bits per heavy atom. The number of aromatic nitrogens is 16. The molecule has 0 atom stereocenters. The minimum absolute atomic E-state index is 0.000556. The molecule has 0 unspecified atom stereocenters. The third kappa shape index (κ3) is 9.15. The Labute approximate surface area is 335 Å². The average molecular weight is 813 g/mol. The predicted molar refractivity (Wildman–Crippen MR) is 213 cm³/mol. The molecule has 8 aromatic rings. The van der Waals surface area contributed by atoms with Gasteiger partial charge in [-0.2, -0.15) is 20.4 Å². The number of carboxylic acid groups (broad SMARTS) is 1. The van der Waals surface area contributed by atoms with Crippen LogP contribution in [0.2, 0.25) is 5.15 Å². The Balaban J connectivity index is 0.000000148. The fraction of sp³-hybridized carbons (Fsp3) is 0.333. The summed E-state index contributed by atoms with van der Waals surface area (Å²) in [6.45, 7) is 15.5. The fourth-order valence-electron chi connectivity index (χ4n) is 5.46. The van der Waals surface area contributed by atoms with Crippen LogP contribution >= 0.6 is 11.6 Å². The standard InChI is InChI=1S/C11H14N4O.C10H12N4O2.C8H8N4O2.C7H7ClN4/c1-5-16-7(2)10-9-6-12-15(4)11(9)14-8(3)13-10;1-4-16-10(15)8-7-5-11-14(3)9(7)13-6(2)12-8;1-4-10-6(8(13)14)5-3-9-12(2)7(5)11-4;1-4-10-6(8)5-3-9-12(2)7(5)11-4/h6H,2,5H2,1,3-4H3;5H,4H2,1-3H3;3H,1-2H3,(H,13,14);3H,1-2H3. The maximum Gasteiger partial charge on any atom is 0.357 e. The molecule has 302 valence electrons. The second-order valence-corrected chi connectivity index (χ2v) is 12.7. The van der Waals surface area contributed by atoms with Crippen LogP contribution in [0.1, 0.15) is 63.8 Å². The van der Waals surface area contributed by atoms with Gasteiger partial charge in [0.15, 0.2) is 34.0 Å². The summed E-state index contributed by atoms with van der Waals surface area (Å²) in [5.74, 6) is 1.37. The van der Waals surface area contributed by atoms with E-state index in [2.05, 4.69) is 66.8 Å². The third-order valence-electron chi connectivity index (χ3n) is 8.02. The number of esters is 1. The van der Waals surface area contributed by atoms with Gasteiger partial charge in [0, 0.05) is 28.2 Å². The summed E-state index contributed by atoms with van der Waals surface area (Å²) in [5.41, 5.74) is 3.73. The van der Waals surface area contributed by atoms with E-state index >= 15 is 0 Å². The number of aromatic carboxylic acids is 1. The number of hydrogen-bond donors (Lipinski definition) is 1. The van der Waals surface area contributed by atoms with E-state index in [1.165, 1.54) is 10.9 Å². The van der Waals surface area contributed by atoms with Gasteiger partial charge in [0.1, 0.15) is 39.9 Å². The Bertz CT molecular complexity index is 2710. The minimum atomic E-state index is -1.06. The maximum absolute atomic E-state index is 11.7. The van der Waals surface area contributed by atoms with Gasteiger partial charge in [0.2, 0.25) is 0 Å². The van der Waals surface area contributed by atoms with Crippen LogP contribution < -0.4 is 0 Å². The summed E-state index contributed by atoms with van der Waals surface area (Å²) in [6.07, 6.45) is 6.42. The molecule has 58 heavy (non-hydrogen) atoms. The van der Waals surface area contributed by atoms with E-state index in [0.29, 0.717) is 69.5 Å². The summed E-state index contributed by atoms with van der Waals surface area (Å²) in [4.78, 5) is 55.7. The van der Waals surface area contributed by atoms with Crippen LogP contribution in [0, 0.1) is 27.7 Å². The van der Waals surface area contributed by atoms with Crippen LogP contribution in [-0.4, -0.2) is 109 Å². The lowest BCUT2D eigenvalue weighted by Crippen LogP contribution is -2.09. The summed E-state index contributed by atoms with van der Waals surface area (Å²) < 4.78 is 16.8. The van der Waals surface area contributed by atoms with Crippen molar-refractivity contribution in [2.45, 2.75) is 41.5 Å². The van der Waals surface area contributed by atoms with Gasteiger partial charge >= 0.3 is 11.9 Å². The number of fused-ring (bicyclic) bond motifs is 4. The number of rotatable bonds is 6. The van der Waals surface area contributed by atoms with Crippen LogP contribution in [0.25, 0.3) is 49.9 Å². The maximum atomic E-state index is 11.7. The van der Waals surface area contributed by atoms with Crippen LogP contribution in [0.4, 0.5) is 0 Å². The van der Waals surface area contributed by atoms with E-state index < -0.39 is 11.9 Å². The molecule has 0 aliphatic carbocycles. The van der Waals surface area contributed by atoms with E-state index in [4.69, 9.17) is 26.2 Å². The van der Waals surface area contributed by atoms with Gasteiger partial charge < -0.3 is 14.6 Å². The van der Waals surface area contributed by atoms with Crippen molar-refractivity contribution < 1.29 is 24.2 Å². The zero-order valence-electron chi connectivity index (χ0n) is 33.5. The zero-order chi connectivity index (χ0) is 42.4. The van der Waals surface area contributed by atoms with Crippen LogP contribution in [0.5, 0.6) is 0 Å². The molecule has 0 amide bonds. The molecule has 8 rings (SSSR count). The van der Waals surface area contributed by atoms with Crippen LogP contribution in [0.15, 0.2) is 31.4 Å². The molecule has 0 saturated heterocycles. The molecule has 22 heteroatoms. The van der Waals surface area contributed by atoms with E-state index in [-0.39, 0.29) is 11.4 Å². The number of hydrogen-bond acceptors (Lipinski definition) is 16. The predicted octanol–water partition coefficient (Wildman–Crippen LogP) is 4.22. The molecule has 21 nitrogen and oxygen atoms in total. The molecule has 8 heterocycles. The first-order valence-electron chi connectivity index (χ1n) is 17.6.